The van der Waals surface area contributed by atoms with Gasteiger partial charge in [0.05, 0.1) is 5.41 Å². The Balaban J connectivity index is 1.70. The molecule has 0 radical (unpaired) electrons. The first kappa shape index (κ1) is 16.9. The van der Waals surface area contributed by atoms with Crippen LogP contribution < -0.4 is 0 Å². The molecule has 5 aliphatic carbocycles. The van der Waals surface area contributed by atoms with Gasteiger partial charge in [-0.15, -0.1) is 0 Å². The Morgan fingerprint density at radius 1 is 1.04 bits per heavy atom. The van der Waals surface area contributed by atoms with Crippen LogP contribution in [0.5, 0.6) is 0 Å². The van der Waals surface area contributed by atoms with Crippen LogP contribution in [0.3, 0.4) is 0 Å². The first-order valence-corrected chi connectivity index (χ1v) is 10.6. The average molecular weight is 333 g/mol. The molecule has 136 valence electrons. The second-order valence-corrected chi connectivity index (χ2v) is 10.3. The van der Waals surface area contributed by atoms with E-state index in [1.165, 1.54) is 51.4 Å². The molecule has 2 atom stereocenters. The van der Waals surface area contributed by atoms with Crippen molar-refractivity contribution in [1.29, 1.82) is 0 Å². The summed E-state index contributed by atoms with van der Waals surface area (Å²) in [5.41, 5.74) is -0.462. The topological polar surface area (TPSA) is 26.3 Å². The van der Waals surface area contributed by atoms with E-state index in [-0.39, 0.29) is 17.0 Å². The number of carbonyl (C=O) groups excluding carboxylic acids is 1. The minimum atomic E-state index is -0.344. The van der Waals surface area contributed by atoms with Gasteiger partial charge in [-0.2, -0.15) is 0 Å². The maximum atomic E-state index is 13.1. The van der Waals surface area contributed by atoms with E-state index in [4.69, 9.17) is 4.74 Å². The summed E-state index contributed by atoms with van der Waals surface area (Å²) in [4.78, 5) is 13.1. The normalized spacial score (nSPS) is 47.2. The summed E-state index contributed by atoms with van der Waals surface area (Å²) >= 11 is 0. The highest BCUT2D eigenvalue weighted by Gasteiger charge is 2.64. The standard InChI is InChI=1S/C22H36O2/c1-5-21(3,4)20(23)24-22(19-8-6-7-14(19)2)17-10-15-9-16(12-17)13-18(22)11-15/h14-19H,5-13H2,1-4H3. The van der Waals surface area contributed by atoms with Gasteiger partial charge >= 0.3 is 5.97 Å². The largest absolute Gasteiger partial charge is 0.458 e. The van der Waals surface area contributed by atoms with E-state index in [1.54, 1.807) is 0 Å². The highest BCUT2D eigenvalue weighted by molar-refractivity contribution is 5.76. The summed E-state index contributed by atoms with van der Waals surface area (Å²) in [6, 6.07) is 0. The molecule has 5 saturated carbocycles. The molecule has 2 nitrogen and oxygen atoms in total. The summed E-state index contributed by atoms with van der Waals surface area (Å²) < 4.78 is 6.69. The number of hydrogen-bond acceptors (Lipinski definition) is 2. The predicted molar refractivity (Wildman–Crippen MR) is 96.4 cm³/mol. The van der Waals surface area contributed by atoms with Gasteiger partial charge in [0.1, 0.15) is 5.60 Å². The fourth-order valence-electron chi connectivity index (χ4n) is 7.03. The summed E-state index contributed by atoms with van der Waals surface area (Å²) in [6.07, 6.45) is 11.6. The molecule has 2 unspecified atom stereocenters. The lowest BCUT2D eigenvalue weighted by Gasteiger charge is -2.63. The summed E-state index contributed by atoms with van der Waals surface area (Å²) in [6.45, 7) is 8.67. The highest BCUT2D eigenvalue weighted by atomic mass is 16.6. The fourth-order valence-corrected chi connectivity index (χ4v) is 7.03. The molecule has 0 spiro atoms. The van der Waals surface area contributed by atoms with Gasteiger partial charge in [-0.05, 0) is 88.4 Å². The summed E-state index contributed by atoms with van der Waals surface area (Å²) in [7, 11) is 0. The average Bonchev–Trinajstić information content (AvgIpc) is 2.96. The Morgan fingerprint density at radius 2 is 1.62 bits per heavy atom. The molecule has 0 heterocycles. The van der Waals surface area contributed by atoms with Crippen molar-refractivity contribution in [3.05, 3.63) is 0 Å². The third kappa shape index (κ3) is 2.38. The highest BCUT2D eigenvalue weighted by Crippen LogP contribution is 2.64. The van der Waals surface area contributed by atoms with Gasteiger partial charge in [-0.3, -0.25) is 4.79 Å². The van der Waals surface area contributed by atoms with E-state index in [1.807, 2.05) is 0 Å². The number of ether oxygens (including phenoxy) is 1. The van der Waals surface area contributed by atoms with E-state index in [0.717, 1.165) is 24.2 Å². The van der Waals surface area contributed by atoms with Crippen LogP contribution in [-0.4, -0.2) is 11.6 Å². The minimum absolute atomic E-state index is 0.0802. The lowest BCUT2D eigenvalue weighted by molar-refractivity contribution is -0.239. The smallest absolute Gasteiger partial charge is 0.312 e. The number of rotatable bonds is 4. The predicted octanol–water partition coefficient (Wildman–Crippen LogP) is 5.60. The molecular formula is C22H36O2. The van der Waals surface area contributed by atoms with Gasteiger partial charge in [-0.1, -0.05) is 26.7 Å². The molecule has 0 aromatic carbocycles. The van der Waals surface area contributed by atoms with Crippen LogP contribution in [-0.2, 0) is 9.53 Å². The molecule has 0 saturated heterocycles. The van der Waals surface area contributed by atoms with Crippen molar-refractivity contribution in [2.75, 3.05) is 0 Å². The van der Waals surface area contributed by atoms with Gasteiger partial charge in [-0.25, -0.2) is 0 Å². The molecule has 0 amide bonds. The summed E-state index contributed by atoms with van der Waals surface area (Å²) in [5.74, 6) is 4.57. The Kier molecular flexibility index (Phi) is 4.05. The van der Waals surface area contributed by atoms with Crippen LogP contribution in [0, 0.1) is 40.9 Å². The Hall–Kier alpha value is -0.530. The molecular weight excluding hydrogens is 296 g/mol. The molecule has 0 aliphatic heterocycles. The van der Waals surface area contributed by atoms with Crippen molar-refractivity contribution in [2.45, 2.75) is 91.1 Å². The Morgan fingerprint density at radius 3 is 2.08 bits per heavy atom. The van der Waals surface area contributed by atoms with Crippen molar-refractivity contribution < 1.29 is 9.53 Å². The van der Waals surface area contributed by atoms with E-state index in [9.17, 15) is 4.79 Å². The third-order valence-corrected chi connectivity index (χ3v) is 8.56. The summed E-state index contributed by atoms with van der Waals surface area (Å²) in [5, 5.41) is 0. The molecule has 5 aliphatic rings. The van der Waals surface area contributed by atoms with Gasteiger partial charge in [0, 0.05) is 5.92 Å². The monoisotopic (exact) mass is 332 g/mol. The van der Waals surface area contributed by atoms with E-state index < -0.39 is 0 Å². The molecule has 0 aromatic heterocycles. The molecule has 5 rings (SSSR count). The van der Waals surface area contributed by atoms with Crippen molar-refractivity contribution in [3.63, 3.8) is 0 Å². The zero-order valence-corrected chi connectivity index (χ0v) is 16.1. The van der Waals surface area contributed by atoms with Crippen molar-refractivity contribution in [3.8, 4) is 0 Å². The molecule has 0 N–H and O–H groups in total. The number of hydrogen-bond donors (Lipinski definition) is 0. The number of carbonyl (C=O) groups is 1. The van der Waals surface area contributed by atoms with Crippen LogP contribution >= 0.6 is 0 Å². The van der Waals surface area contributed by atoms with Gasteiger partial charge < -0.3 is 4.74 Å². The lowest BCUT2D eigenvalue weighted by Crippen LogP contribution is -2.64. The van der Waals surface area contributed by atoms with Gasteiger partial charge in [0.15, 0.2) is 0 Å². The molecule has 2 heteroatoms. The lowest BCUT2D eigenvalue weighted by atomic mass is 9.46. The second-order valence-electron chi connectivity index (χ2n) is 10.3. The zero-order chi connectivity index (χ0) is 17.1. The Bertz CT molecular complexity index is 478. The van der Waals surface area contributed by atoms with Crippen molar-refractivity contribution in [2.24, 2.45) is 40.9 Å². The third-order valence-electron chi connectivity index (χ3n) is 8.56. The van der Waals surface area contributed by atoms with Crippen molar-refractivity contribution >= 4 is 5.97 Å². The van der Waals surface area contributed by atoms with Crippen LogP contribution in [0.2, 0.25) is 0 Å². The first-order valence-electron chi connectivity index (χ1n) is 10.6. The first-order chi connectivity index (χ1) is 11.4. The molecule has 0 aromatic rings. The zero-order valence-electron chi connectivity index (χ0n) is 16.1. The Labute approximate surface area is 148 Å². The van der Waals surface area contributed by atoms with Gasteiger partial charge in [0.2, 0.25) is 0 Å². The minimum Gasteiger partial charge on any atom is -0.458 e. The quantitative estimate of drug-likeness (QED) is 0.627. The molecule has 5 fully saturated rings. The van der Waals surface area contributed by atoms with Crippen molar-refractivity contribution in [1.82, 2.24) is 0 Å². The maximum Gasteiger partial charge on any atom is 0.312 e. The van der Waals surface area contributed by atoms with Crippen LogP contribution in [0.25, 0.3) is 0 Å². The van der Waals surface area contributed by atoms with E-state index in [2.05, 4.69) is 27.7 Å². The fraction of sp³-hybridized carbons (Fsp3) is 0.955. The molecule has 24 heavy (non-hydrogen) atoms. The SMILES string of the molecule is CCC(C)(C)C(=O)OC1(C2CCCC2C)C2CC3CC(C2)CC1C3. The van der Waals surface area contributed by atoms with Crippen LogP contribution in [0.15, 0.2) is 0 Å². The molecule has 4 bridgehead atoms. The van der Waals surface area contributed by atoms with E-state index in [0.29, 0.717) is 17.8 Å². The van der Waals surface area contributed by atoms with Crippen LogP contribution in [0.1, 0.15) is 85.5 Å². The van der Waals surface area contributed by atoms with Crippen LogP contribution in [0.4, 0.5) is 0 Å². The van der Waals surface area contributed by atoms with Gasteiger partial charge in [0.25, 0.3) is 0 Å². The maximum absolute atomic E-state index is 13.1. The second kappa shape index (κ2) is 5.74. The van der Waals surface area contributed by atoms with E-state index >= 15 is 0 Å². The number of esters is 1.